The molecule has 0 saturated heterocycles. The number of hydrogen-bond acceptors (Lipinski definition) is 4. The highest BCUT2D eigenvalue weighted by atomic mass is 16.5. The summed E-state index contributed by atoms with van der Waals surface area (Å²) in [5.41, 5.74) is 2.07. The Balaban J connectivity index is 1.34. The fourth-order valence-corrected chi connectivity index (χ4v) is 3.94. The lowest BCUT2D eigenvalue weighted by molar-refractivity contribution is -0.126. The molecular formula is C23H27NO4. The van der Waals surface area contributed by atoms with Gasteiger partial charge in [-0.15, -0.1) is 0 Å². The molecular weight excluding hydrogens is 354 g/mol. The maximum atomic E-state index is 12.6. The van der Waals surface area contributed by atoms with Crippen LogP contribution in [0.5, 0.6) is 17.2 Å². The van der Waals surface area contributed by atoms with E-state index in [4.69, 9.17) is 14.2 Å². The topological polar surface area (TPSA) is 56.8 Å². The van der Waals surface area contributed by atoms with E-state index in [1.807, 2.05) is 42.5 Å². The van der Waals surface area contributed by atoms with Crippen molar-refractivity contribution in [3.05, 3.63) is 53.6 Å². The molecule has 1 unspecified atom stereocenters. The van der Waals surface area contributed by atoms with Crippen LogP contribution in [0.25, 0.3) is 0 Å². The number of benzene rings is 2. The minimum absolute atomic E-state index is 0.0137. The molecule has 1 aliphatic carbocycles. The molecule has 28 heavy (non-hydrogen) atoms. The number of amides is 1. The third-order valence-electron chi connectivity index (χ3n) is 5.54. The van der Waals surface area contributed by atoms with Crippen molar-refractivity contribution in [1.29, 1.82) is 0 Å². The van der Waals surface area contributed by atoms with E-state index in [2.05, 4.69) is 5.32 Å². The van der Waals surface area contributed by atoms with E-state index < -0.39 is 0 Å². The van der Waals surface area contributed by atoms with E-state index in [1.54, 1.807) is 7.11 Å². The van der Waals surface area contributed by atoms with Gasteiger partial charge in [0, 0.05) is 6.54 Å². The summed E-state index contributed by atoms with van der Waals surface area (Å²) in [6.07, 6.45) is 5.66. The number of methoxy groups -OCH3 is 1. The zero-order chi connectivity index (χ0) is 19.3. The number of ether oxygens (including phenoxy) is 3. The van der Waals surface area contributed by atoms with E-state index in [-0.39, 0.29) is 17.9 Å². The molecule has 1 atom stereocenters. The fourth-order valence-electron chi connectivity index (χ4n) is 3.94. The molecule has 1 aliphatic heterocycles. The maximum absolute atomic E-state index is 12.6. The van der Waals surface area contributed by atoms with E-state index >= 15 is 0 Å². The molecule has 0 bridgehead atoms. The summed E-state index contributed by atoms with van der Waals surface area (Å²) in [5, 5.41) is 3.03. The van der Waals surface area contributed by atoms with Crippen LogP contribution in [-0.4, -0.2) is 25.7 Å². The molecule has 1 N–H and O–H groups in total. The van der Waals surface area contributed by atoms with Gasteiger partial charge in [-0.25, -0.2) is 0 Å². The molecule has 2 aromatic carbocycles. The summed E-state index contributed by atoms with van der Waals surface area (Å²) in [7, 11) is 1.65. The number of para-hydroxylation sites is 1. The maximum Gasteiger partial charge on any atom is 0.227 e. The van der Waals surface area contributed by atoms with Crippen molar-refractivity contribution < 1.29 is 19.0 Å². The predicted molar refractivity (Wildman–Crippen MR) is 107 cm³/mol. The van der Waals surface area contributed by atoms with Gasteiger partial charge >= 0.3 is 0 Å². The van der Waals surface area contributed by atoms with Crippen molar-refractivity contribution in [2.45, 2.75) is 44.8 Å². The highest BCUT2D eigenvalue weighted by molar-refractivity contribution is 5.79. The van der Waals surface area contributed by atoms with Gasteiger partial charge in [-0.2, -0.15) is 0 Å². The average Bonchev–Trinajstić information content (AvgIpc) is 3.25. The first kappa shape index (κ1) is 18.7. The normalized spacial score (nSPS) is 18.8. The number of nitrogens with one attached hydrogen (secondary N) is 1. The van der Waals surface area contributed by atoms with Crippen LogP contribution in [0.1, 0.15) is 36.8 Å². The quantitative estimate of drug-likeness (QED) is 0.825. The third-order valence-corrected chi connectivity index (χ3v) is 5.54. The lowest BCUT2D eigenvalue weighted by atomic mass is 9.96. The molecule has 0 radical (unpaired) electrons. The Morgan fingerprint density at radius 3 is 2.79 bits per heavy atom. The van der Waals surface area contributed by atoms with Crippen molar-refractivity contribution in [3.8, 4) is 17.2 Å². The van der Waals surface area contributed by atoms with Gasteiger partial charge in [0.1, 0.15) is 12.4 Å². The smallest absolute Gasteiger partial charge is 0.227 e. The van der Waals surface area contributed by atoms with Crippen molar-refractivity contribution >= 4 is 5.91 Å². The van der Waals surface area contributed by atoms with Crippen LogP contribution >= 0.6 is 0 Å². The highest BCUT2D eigenvalue weighted by Gasteiger charge is 2.25. The lowest BCUT2D eigenvalue weighted by Gasteiger charge is -2.24. The molecule has 5 heteroatoms. The van der Waals surface area contributed by atoms with Crippen molar-refractivity contribution in [2.75, 3.05) is 13.7 Å². The summed E-state index contributed by atoms with van der Waals surface area (Å²) in [6, 6.07) is 13.8. The summed E-state index contributed by atoms with van der Waals surface area (Å²) < 4.78 is 17.3. The summed E-state index contributed by atoms with van der Waals surface area (Å²) in [5.74, 6) is 2.23. The van der Waals surface area contributed by atoms with Gasteiger partial charge in [0.05, 0.1) is 19.1 Å². The highest BCUT2D eigenvalue weighted by Crippen LogP contribution is 2.32. The summed E-state index contributed by atoms with van der Waals surface area (Å²) in [4.78, 5) is 12.6. The Labute approximate surface area is 166 Å². The summed E-state index contributed by atoms with van der Waals surface area (Å²) in [6.45, 7) is 0.872. The lowest BCUT2D eigenvalue weighted by Crippen LogP contribution is -2.37. The van der Waals surface area contributed by atoms with Crippen LogP contribution in [0.2, 0.25) is 0 Å². The number of fused-ring (bicyclic) bond motifs is 1. The molecule has 0 aromatic heterocycles. The van der Waals surface area contributed by atoms with Gasteiger partial charge in [-0.05, 0) is 61.4 Å². The first-order valence-corrected chi connectivity index (χ1v) is 10.0. The van der Waals surface area contributed by atoms with Gasteiger partial charge in [0.25, 0.3) is 0 Å². The molecule has 2 aromatic rings. The molecule has 4 rings (SSSR count). The van der Waals surface area contributed by atoms with Crippen LogP contribution in [-0.2, 0) is 17.8 Å². The van der Waals surface area contributed by atoms with Gasteiger partial charge in [0.2, 0.25) is 5.91 Å². The first-order chi connectivity index (χ1) is 13.7. The number of hydrogen-bond donors (Lipinski definition) is 1. The molecule has 1 heterocycles. The Morgan fingerprint density at radius 1 is 1.14 bits per heavy atom. The SMILES string of the molecule is COc1cc(CNC(=O)C2COc3ccccc3C2)ccc1OC1CCCC1. The van der Waals surface area contributed by atoms with E-state index in [1.165, 1.54) is 12.8 Å². The van der Waals surface area contributed by atoms with E-state index in [0.717, 1.165) is 35.5 Å². The average molecular weight is 381 g/mol. The second kappa shape index (κ2) is 8.55. The minimum Gasteiger partial charge on any atom is -0.493 e. The molecule has 5 nitrogen and oxygen atoms in total. The Bertz CT molecular complexity index is 829. The molecule has 1 fully saturated rings. The second-order valence-corrected chi connectivity index (χ2v) is 7.55. The van der Waals surface area contributed by atoms with Gasteiger partial charge in [0.15, 0.2) is 11.5 Å². The van der Waals surface area contributed by atoms with Crippen LogP contribution in [0, 0.1) is 5.92 Å². The molecule has 2 aliphatic rings. The van der Waals surface area contributed by atoms with Gasteiger partial charge < -0.3 is 19.5 Å². The minimum atomic E-state index is -0.165. The van der Waals surface area contributed by atoms with Gasteiger partial charge in [-0.1, -0.05) is 24.3 Å². The Hall–Kier alpha value is -2.69. The van der Waals surface area contributed by atoms with Gasteiger partial charge in [-0.3, -0.25) is 4.79 Å². The standard InChI is InChI=1S/C23H27NO4/c1-26-22-12-16(10-11-21(22)28-19-7-3-4-8-19)14-24-23(25)18-13-17-6-2-5-9-20(17)27-15-18/h2,5-6,9-12,18-19H,3-4,7-8,13-15H2,1H3,(H,24,25). The summed E-state index contributed by atoms with van der Waals surface area (Å²) >= 11 is 0. The molecule has 148 valence electrons. The largest absolute Gasteiger partial charge is 0.493 e. The molecule has 1 amide bonds. The fraction of sp³-hybridized carbons (Fsp3) is 0.435. The Kier molecular flexibility index (Phi) is 5.70. The zero-order valence-electron chi connectivity index (χ0n) is 16.3. The Morgan fingerprint density at radius 2 is 1.96 bits per heavy atom. The first-order valence-electron chi connectivity index (χ1n) is 10.0. The van der Waals surface area contributed by atoms with Crippen molar-refractivity contribution in [3.63, 3.8) is 0 Å². The number of carbonyl (C=O) groups is 1. The number of rotatable bonds is 6. The van der Waals surface area contributed by atoms with Crippen molar-refractivity contribution in [2.24, 2.45) is 5.92 Å². The molecule has 0 spiro atoms. The molecule has 1 saturated carbocycles. The van der Waals surface area contributed by atoms with E-state index in [0.29, 0.717) is 25.3 Å². The number of carbonyl (C=O) groups excluding carboxylic acids is 1. The third kappa shape index (κ3) is 4.24. The van der Waals surface area contributed by atoms with Crippen LogP contribution in [0.3, 0.4) is 0 Å². The van der Waals surface area contributed by atoms with E-state index in [9.17, 15) is 4.79 Å². The monoisotopic (exact) mass is 381 g/mol. The second-order valence-electron chi connectivity index (χ2n) is 7.55. The zero-order valence-corrected chi connectivity index (χ0v) is 16.3. The van der Waals surface area contributed by atoms with Crippen LogP contribution in [0.4, 0.5) is 0 Å². The van der Waals surface area contributed by atoms with Crippen LogP contribution < -0.4 is 19.5 Å². The predicted octanol–water partition coefficient (Wildman–Crippen LogP) is 3.88. The van der Waals surface area contributed by atoms with Crippen LogP contribution in [0.15, 0.2) is 42.5 Å². The van der Waals surface area contributed by atoms with Crippen molar-refractivity contribution in [1.82, 2.24) is 5.32 Å².